The number of benzene rings is 9. The van der Waals surface area contributed by atoms with Crippen molar-refractivity contribution in [3.63, 3.8) is 0 Å². The van der Waals surface area contributed by atoms with Crippen molar-refractivity contribution in [1.29, 1.82) is 0 Å². The summed E-state index contributed by atoms with van der Waals surface area (Å²) < 4.78 is 13.9. The smallest absolute Gasteiger partial charge is 0.233 e. The third kappa shape index (κ3) is 4.04. The van der Waals surface area contributed by atoms with E-state index in [1.807, 2.05) is 12.1 Å². The molecule has 0 aliphatic rings. The number of furan rings is 1. The Labute approximate surface area is 352 Å². The molecule has 0 saturated heterocycles. The van der Waals surface area contributed by atoms with Crippen LogP contribution in [0.1, 0.15) is 0 Å². The highest BCUT2D eigenvalue weighted by Gasteiger charge is 2.28. The summed E-state index contributed by atoms with van der Waals surface area (Å²) in [7, 11) is 0. The molecule has 0 aliphatic carbocycles. The van der Waals surface area contributed by atoms with Crippen molar-refractivity contribution in [2.45, 2.75) is 0 Å². The van der Waals surface area contributed by atoms with Gasteiger partial charge in [0.05, 0.1) is 44.0 Å². The van der Waals surface area contributed by atoms with Gasteiger partial charge < -0.3 is 13.4 Å². The fraction of sp³-hybridized carbons (Fsp3) is 0. The van der Waals surface area contributed by atoms with Gasteiger partial charge in [0.25, 0.3) is 0 Å². The van der Waals surface area contributed by atoms with Crippen molar-refractivity contribution in [2.75, 3.05) is 0 Å². The second kappa shape index (κ2) is 11.6. The molecule has 0 unspecified atom stereocenters. The summed E-state index contributed by atoms with van der Waals surface area (Å²) in [6.45, 7) is 0. The maximum absolute atomic E-state index is 6.71. The molecule has 6 heterocycles. The Kier molecular flexibility index (Phi) is 6.07. The lowest BCUT2D eigenvalue weighted by molar-refractivity contribution is 0.653. The first-order chi connectivity index (χ1) is 30.8. The Morgan fingerprint density at radius 1 is 0.371 bits per heavy atom. The predicted molar refractivity (Wildman–Crippen MR) is 256 cm³/mol. The van der Waals surface area contributed by atoms with E-state index in [0.717, 1.165) is 60.9 Å². The number of para-hydroxylation sites is 5. The van der Waals surface area contributed by atoms with Crippen LogP contribution in [-0.4, -0.2) is 23.5 Å². The Bertz CT molecular complexity index is 4390. The summed E-state index contributed by atoms with van der Waals surface area (Å²) >= 11 is 0. The number of aromatic nitrogens is 5. The van der Waals surface area contributed by atoms with E-state index in [1.54, 1.807) is 0 Å². The van der Waals surface area contributed by atoms with Gasteiger partial charge in [0.2, 0.25) is 5.71 Å². The van der Waals surface area contributed by atoms with E-state index in [0.29, 0.717) is 11.5 Å². The molecule has 0 amide bonds. The lowest BCUT2D eigenvalue weighted by Crippen LogP contribution is -2.02. The zero-order chi connectivity index (χ0) is 40.2. The molecular weight excluding hydrogens is 759 g/mol. The van der Waals surface area contributed by atoms with Gasteiger partial charge in [-0.05, 0) is 77.5 Å². The first-order valence-electron chi connectivity index (χ1n) is 21.1. The summed E-state index contributed by atoms with van der Waals surface area (Å²) in [6, 6.07) is 67.4. The highest BCUT2D eigenvalue weighted by Crippen LogP contribution is 2.49. The molecule has 6 nitrogen and oxygen atoms in total. The first kappa shape index (κ1) is 32.4. The van der Waals surface area contributed by atoms with E-state index in [2.05, 4.69) is 189 Å². The van der Waals surface area contributed by atoms with Crippen molar-refractivity contribution < 1.29 is 4.42 Å². The monoisotopic (exact) mass is 789 g/mol. The fourth-order valence-electron chi connectivity index (χ4n) is 10.9. The average Bonchev–Trinajstić information content (AvgIpc) is 4.13. The van der Waals surface area contributed by atoms with E-state index < -0.39 is 0 Å². The molecule has 62 heavy (non-hydrogen) atoms. The third-order valence-corrected chi connectivity index (χ3v) is 13.4. The first-order valence-corrected chi connectivity index (χ1v) is 21.1. The second-order valence-electron chi connectivity index (χ2n) is 16.5. The summed E-state index contributed by atoms with van der Waals surface area (Å²) in [6.07, 6.45) is 0. The van der Waals surface area contributed by atoms with Crippen LogP contribution in [0.4, 0.5) is 0 Å². The molecule has 0 radical (unpaired) electrons. The SMILES string of the molecule is c1ccc(-n2c3ccccc3c3cc(-c4nc(-n5c6ccc7ccccc7c6c6c7c8ccccc8n8c9ccccc9c(cc65)c78)c5c(n4)oc4ccccc45)ccc32)cc1. The normalized spacial score (nSPS) is 12.5. The molecular formula is C56H31N5O. The zero-order valence-electron chi connectivity index (χ0n) is 33.0. The minimum Gasteiger partial charge on any atom is -0.437 e. The number of fused-ring (bicyclic) bond motifs is 18. The van der Waals surface area contributed by atoms with Crippen LogP contribution in [0.25, 0.3) is 137 Å². The van der Waals surface area contributed by atoms with Crippen LogP contribution < -0.4 is 0 Å². The quantitative estimate of drug-likeness (QED) is 0.179. The summed E-state index contributed by atoms with van der Waals surface area (Å²) in [5.41, 5.74) is 11.5. The van der Waals surface area contributed by atoms with Gasteiger partial charge in [-0.15, -0.1) is 0 Å². The van der Waals surface area contributed by atoms with Gasteiger partial charge in [-0.1, -0.05) is 121 Å². The number of hydrogen-bond acceptors (Lipinski definition) is 3. The lowest BCUT2D eigenvalue weighted by Gasteiger charge is -2.12. The highest BCUT2D eigenvalue weighted by molar-refractivity contribution is 6.38. The molecule has 286 valence electrons. The standard InChI is InChI=1S/C56H31N5O/c1-2-15-34(16-3-1)59-42-22-10-6-18-36(42)40-30-33(27-28-45(40)59)54-57-55(51-39-21-9-13-25-48(39)62-56(51)58-54)61-46-29-26-32-14-4-5-17-35(32)49(46)52-47(61)31-41-37-19-7-11-23-43(37)60-44-24-12-8-20-38(44)50(52)53(41)60/h1-31H. The third-order valence-electron chi connectivity index (χ3n) is 13.4. The van der Waals surface area contributed by atoms with Crippen LogP contribution in [0, 0.1) is 0 Å². The Balaban J connectivity index is 1.12. The zero-order valence-corrected chi connectivity index (χ0v) is 33.0. The van der Waals surface area contributed by atoms with Gasteiger partial charge in [0.15, 0.2) is 11.6 Å². The van der Waals surface area contributed by atoms with Crippen molar-refractivity contribution >= 4 is 115 Å². The molecule has 0 aliphatic heterocycles. The maximum Gasteiger partial charge on any atom is 0.233 e. The molecule has 0 spiro atoms. The van der Waals surface area contributed by atoms with E-state index >= 15 is 0 Å². The molecule has 0 atom stereocenters. The molecule has 0 N–H and O–H groups in total. The van der Waals surface area contributed by atoms with Crippen LogP contribution in [0.3, 0.4) is 0 Å². The number of nitrogens with zero attached hydrogens (tertiary/aromatic N) is 5. The summed E-state index contributed by atoms with van der Waals surface area (Å²) in [4.78, 5) is 11.0. The van der Waals surface area contributed by atoms with E-state index in [9.17, 15) is 0 Å². The summed E-state index contributed by atoms with van der Waals surface area (Å²) in [5.74, 6) is 1.40. The topological polar surface area (TPSA) is 53.2 Å². The van der Waals surface area contributed by atoms with Crippen molar-refractivity contribution in [1.82, 2.24) is 23.5 Å². The van der Waals surface area contributed by atoms with Gasteiger partial charge in [-0.3, -0.25) is 4.57 Å². The van der Waals surface area contributed by atoms with Gasteiger partial charge in [0.1, 0.15) is 5.58 Å². The van der Waals surface area contributed by atoms with Crippen molar-refractivity contribution in [2.24, 2.45) is 0 Å². The molecule has 6 aromatic heterocycles. The highest BCUT2D eigenvalue weighted by atomic mass is 16.3. The Morgan fingerprint density at radius 2 is 1.02 bits per heavy atom. The maximum atomic E-state index is 6.71. The van der Waals surface area contributed by atoms with Crippen LogP contribution in [-0.2, 0) is 0 Å². The van der Waals surface area contributed by atoms with Gasteiger partial charge in [-0.25, -0.2) is 4.98 Å². The van der Waals surface area contributed by atoms with Crippen molar-refractivity contribution in [3.05, 3.63) is 188 Å². The van der Waals surface area contributed by atoms with E-state index in [-0.39, 0.29) is 0 Å². The molecule has 9 aromatic carbocycles. The summed E-state index contributed by atoms with van der Waals surface area (Å²) in [5, 5.41) is 14.0. The molecule has 0 fully saturated rings. The van der Waals surface area contributed by atoms with Gasteiger partial charge in [-0.2, -0.15) is 4.98 Å². The van der Waals surface area contributed by atoms with Crippen molar-refractivity contribution in [3.8, 4) is 22.9 Å². The second-order valence-corrected chi connectivity index (χ2v) is 16.5. The lowest BCUT2D eigenvalue weighted by atomic mass is 9.99. The molecule has 6 heteroatoms. The largest absolute Gasteiger partial charge is 0.437 e. The van der Waals surface area contributed by atoms with E-state index in [1.165, 1.54) is 65.0 Å². The Hall–Kier alpha value is -8.48. The average molecular weight is 790 g/mol. The van der Waals surface area contributed by atoms with Gasteiger partial charge >= 0.3 is 0 Å². The molecule has 0 bridgehead atoms. The molecule has 0 saturated carbocycles. The number of rotatable bonds is 3. The fourth-order valence-corrected chi connectivity index (χ4v) is 10.9. The van der Waals surface area contributed by atoms with E-state index in [4.69, 9.17) is 14.4 Å². The van der Waals surface area contributed by atoms with Crippen LogP contribution >= 0.6 is 0 Å². The van der Waals surface area contributed by atoms with Crippen LogP contribution in [0.5, 0.6) is 0 Å². The molecule has 15 rings (SSSR count). The minimum absolute atomic E-state index is 0.557. The van der Waals surface area contributed by atoms with Crippen LogP contribution in [0.2, 0.25) is 0 Å². The predicted octanol–water partition coefficient (Wildman–Crippen LogP) is 14.5. The van der Waals surface area contributed by atoms with Gasteiger partial charge in [0, 0.05) is 59.7 Å². The van der Waals surface area contributed by atoms with Crippen LogP contribution in [0.15, 0.2) is 192 Å². The Morgan fingerprint density at radius 3 is 1.85 bits per heavy atom. The molecule has 15 aromatic rings. The minimum atomic E-state index is 0.557. The number of hydrogen-bond donors (Lipinski definition) is 0.